The zero-order valence-corrected chi connectivity index (χ0v) is 11.1. The van der Waals surface area contributed by atoms with Crippen molar-refractivity contribution in [3.8, 4) is 11.5 Å². The van der Waals surface area contributed by atoms with Crippen LogP contribution in [0.3, 0.4) is 0 Å². The first-order valence-corrected chi connectivity index (χ1v) is 6.70. The fraction of sp³-hybridized carbons (Fsp3) is 0.188. The van der Waals surface area contributed by atoms with Crippen LogP contribution in [-0.4, -0.2) is 12.6 Å². The molecule has 0 aromatic heterocycles. The van der Waals surface area contributed by atoms with Gasteiger partial charge in [0, 0.05) is 29.3 Å². The molecule has 0 unspecified atom stereocenters. The molecule has 0 bridgehead atoms. The van der Waals surface area contributed by atoms with Crippen LogP contribution in [-0.2, 0) is 0 Å². The summed E-state index contributed by atoms with van der Waals surface area (Å²) in [5.74, 6) is 0.832. The van der Waals surface area contributed by atoms with Gasteiger partial charge in [-0.3, -0.25) is 4.79 Å². The van der Waals surface area contributed by atoms with Gasteiger partial charge in [-0.1, -0.05) is 18.2 Å². The van der Waals surface area contributed by atoms with Crippen molar-refractivity contribution in [3.05, 3.63) is 53.3 Å². The van der Waals surface area contributed by atoms with Gasteiger partial charge in [0.2, 0.25) is 6.79 Å². The zero-order chi connectivity index (χ0) is 14.4. The summed E-state index contributed by atoms with van der Waals surface area (Å²) in [7, 11) is 0. The monoisotopic (exact) mass is 285 g/mol. The van der Waals surface area contributed by atoms with Crippen molar-refractivity contribution in [2.75, 3.05) is 12.1 Å². The summed E-state index contributed by atoms with van der Waals surface area (Å²) in [6, 6.07) is 9.55. The average molecular weight is 285 g/mol. The second kappa shape index (κ2) is 4.48. The molecule has 4 nitrogen and oxygen atoms in total. The lowest BCUT2D eigenvalue weighted by molar-refractivity contribution is 0.0971. The van der Waals surface area contributed by atoms with E-state index in [9.17, 15) is 9.18 Å². The van der Waals surface area contributed by atoms with Crippen molar-refractivity contribution in [1.29, 1.82) is 0 Å². The summed E-state index contributed by atoms with van der Waals surface area (Å²) in [5.41, 5.74) is 1.71. The molecule has 106 valence electrons. The van der Waals surface area contributed by atoms with Crippen LogP contribution in [0.25, 0.3) is 0 Å². The first-order valence-electron chi connectivity index (χ1n) is 6.70. The summed E-state index contributed by atoms with van der Waals surface area (Å²) >= 11 is 0. The van der Waals surface area contributed by atoms with Crippen LogP contribution in [0.15, 0.2) is 36.4 Å². The van der Waals surface area contributed by atoms with Crippen LogP contribution in [0.1, 0.15) is 28.4 Å². The van der Waals surface area contributed by atoms with Gasteiger partial charge in [-0.25, -0.2) is 4.39 Å². The van der Waals surface area contributed by atoms with E-state index in [0.717, 1.165) is 0 Å². The number of hydrogen-bond acceptors (Lipinski definition) is 4. The molecular formula is C16H12FNO3. The molecule has 1 atom stereocenters. The highest BCUT2D eigenvalue weighted by atomic mass is 19.1. The highest BCUT2D eigenvalue weighted by molar-refractivity contribution is 6.04. The Labute approximate surface area is 120 Å². The fourth-order valence-electron chi connectivity index (χ4n) is 2.77. The van der Waals surface area contributed by atoms with Crippen molar-refractivity contribution in [2.45, 2.75) is 12.5 Å². The molecule has 0 saturated heterocycles. The molecule has 0 amide bonds. The molecule has 2 aliphatic heterocycles. The van der Waals surface area contributed by atoms with Gasteiger partial charge >= 0.3 is 0 Å². The van der Waals surface area contributed by atoms with E-state index in [1.807, 2.05) is 0 Å². The number of ketones is 1. The number of halogens is 1. The predicted octanol–water partition coefficient (Wildman–Crippen LogP) is 3.29. The molecule has 0 fully saturated rings. The Hall–Kier alpha value is -2.56. The van der Waals surface area contributed by atoms with Gasteiger partial charge in [-0.2, -0.15) is 0 Å². The molecular weight excluding hydrogens is 273 g/mol. The van der Waals surface area contributed by atoms with Crippen LogP contribution in [0.4, 0.5) is 10.1 Å². The number of nitrogens with one attached hydrogen (secondary N) is 1. The van der Waals surface area contributed by atoms with Gasteiger partial charge < -0.3 is 14.8 Å². The van der Waals surface area contributed by atoms with Crippen LogP contribution >= 0.6 is 0 Å². The molecule has 0 saturated carbocycles. The van der Waals surface area contributed by atoms with Gasteiger partial charge in [0.1, 0.15) is 5.82 Å². The summed E-state index contributed by atoms with van der Waals surface area (Å²) in [4.78, 5) is 12.3. The van der Waals surface area contributed by atoms with Crippen LogP contribution in [0.5, 0.6) is 11.5 Å². The normalized spacial score (nSPS) is 19.1. The summed E-state index contributed by atoms with van der Waals surface area (Å²) in [6.07, 6.45) is 0.216. The van der Waals surface area contributed by atoms with E-state index in [4.69, 9.17) is 9.47 Å². The Morgan fingerprint density at radius 1 is 1.14 bits per heavy atom. The SMILES string of the molecule is O=C1C[C@H](c2ccccc2F)Nc2cc3c(cc21)OCO3. The second-order valence-corrected chi connectivity index (χ2v) is 5.10. The lowest BCUT2D eigenvalue weighted by atomic mass is 9.92. The fourth-order valence-corrected chi connectivity index (χ4v) is 2.77. The van der Waals surface area contributed by atoms with E-state index in [1.165, 1.54) is 6.07 Å². The molecule has 2 aromatic carbocycles. The number of benzene rings is 2. The highest BCUT2D eigenvalue weighted by Gasteiger charge is 2.30. The first-order chi connectivity index (χ1) is 10.2. The molecule has 0 spiro atoms. The second-order valence-electron chi connectivity index (χ2n) is 5.10. The number of fused-ring (bicyclic) bond motifs is 2. The maximum Gasteiger partial charge on any atom is 0.231 e. The van der Waals surface area contributed by atoms with Gasteiger partial charge in [-0.05, 0) is 12.1 Å². The number of Topliss-reactive ketones (excluding diaryl/α,β-unsaturated/α-hetero) is 1. The maximum absolute atomic E-state index is 13.9. The zero-order valence-electron chi connectivity index (χ0n) is 11.1. The molecule has 2 heterocycles. The van der Waals surface area contributed by atoms with E-state index < -0.39 is 0 Å². The number of anilines is 1. The van der Waals surface area contributed by atoms with E-state index >= 15 is 0 Å². The molecule has 2 aliphatic rings. The molecule has 2 aromatic rings. The van der Waals surface area contributed by atoms with Crippen molar-refractivity contribution in [1.82, 2.24) is 0 Å². The average Bonchev–Trinajstić information content (AvgIpc) is 2.93. The third-order valence-corrected chi connectivity index (χ3v) is 3.81. The van der Waals surface area contributed by atoms with Crippen molar-refractivity contribution in [3.63, 3.8) is 0 Å². The lowest BCUT2D eigenvalue weighted by Crippen LogP contribution is -2.23. The number of ether oxygens (including phenoxy) is 2. The minimum atomic E-state index is -0.369. The van der Waals surface area contributed by atoms with Crippen molar-refractivity contribution in [2.24, 2.45) is 0 Å². The van der Waals surface area contributed by atoms with Gasteiger partial charge in [-0.15, -0.1) is 0 Å². The molecule has 5 heteroatoms. The third kappa shape index (κ3) is 1.93. The number of carbonyl (C=O) groups excluding carboxylic acids is 1. The quantitative estimate of drug-likeness (QED) is 0.873. The molecule has 0 radical (unpaired) electrons. The Balaban J connectivity index is 1.75. The molecule has 4 rings (SSSR count). The van der Waals surface area contributed by atoms with Gasteiger partial charge in [0.05, 0.1) is 6.04 Å². The third-order valence-electron chi connectivity index (χ3n) is 3.81. The Kier molecular flexibility index (Phi) is 2.60. The predicted molar refractivity (Wildman–Crippen MR) is 74.3 cm³/mol. The van der Waals surface area contributed by atoms with E-state index in [0.29, 0.717) is 28.3 Å². The van der Waals surface area contributed by atoms with Crippen LogP contribution in [0.2, 0.25) is 0 Å². The van der Waals surface area contributed by atoms with Crippen molar-refractivity contribution >= 4 is 11.5 Å². The number of carbonyl (C=O) groups is 1. The van der Waals surface area contributed by atoms with Crippen LogP contribution < -0.4 is 14.8 Å². The minimum absolute atomic E-state index is 0.0321. The van der Waals surface area contributed by atoms with E-state index in [2.05, 4.69) is 5.32 Å². The van der Waals surface area contributed by atoms with Gasteiger partial charge in [0.25, 0.3) is 0 Å². The standard InChI is InChI=1S/C16H12FNO3/c17-11-4-2-1-3-9(11)12-6-14(19)10-5-15-16(21-8-20-15)7-13(10)18-12/h1-5,7,12,18H,6,8H2/t12-/m1/s1. The van der Waals surface area contributed by atoms with E-state index in [-0.39, 0.29) is 30.9 Å². The van der Waals surface area contributed by atoms with Gasteiger partial charge in [0.15, 0.2) is 17.3 Å². The Morgan fingerprint density at radius 2 is 1.90 bits per heavy atom. The topological polar surface area (TPSA) is 47.6 Å². The first kappa shape index (κ1) is 12.2. The van der Waals surface area contributed by atoms with E-state index in [1.54, 1.807) is 30.3 Å². The largest absolute Gasteiger partial charge is 0.454 e. The maximum atomic E-state index is 13.9. The number of rotatable bonds is 1. The summed E-state index contributed by atoms with van der Waals surface area (Å²) < 4.78 is 24.5. The number of hydrogen-bond donors (Lipinski definition) is 1. The highest BCUT2D eigenvalue weighted by Crippen LogP contribution is 2.41. The molecule has 21 heavy (non-hydrogen) atoms. The van der Waals surface area contributed by atoms with Crippen LogP contribution in [0, 0.1) is 5.82 Å². The molecule has 1 N–H and O–H groups in total. The summed E-state index contributed by atoms with van der Waals surface area (Å²) in [5, 5.41) is 3.22. The summed E-state index contributed by atoms with van der Waals surface area (Å²) in [6.45, 7) is 0.156. The smallest absolute Gasteiger partial charge is 0.231 e. The lowest BCUT2D eigenvalue weighted by Gasteiger charge is -2.27. The Bertz CT molecular complexity index is 744. The minimum Gasteiger partial charge on any atom is -0.454 e. The molecule has 0 aliphatic carbocycles. The Morgan fingerprint density at radius 3 is 2.71 bits per heavy atom. The van der Waals surface area contributed by atoms with Crippen molar-refractivity contribution < 1.29 is 18.7 Å².